The van der Waals surface area contributed by atoms with Gasteiger partial charge in [-0.25, -0.2) is 9.59 Å². The van der Waals surface area contributed by atoms with Crippen molar-refractivity contribution in [1.82, 2.24) is 5.32 Å². The smallest absolute Gasteiger partial charge is 0.344 e. The first-order chi connectivity index (χ1) is 11.1. The van der Waals surface area contributed by atoms with Gasteiger partial charge in [0, 0.05) is 0 Å². The Morgan fingerprint density at radius 2 is 1.67 bits per heavy atom. The second-order valence-electron chi connectivity index (χ2n) is 6.02. The van der Waals surface area contributed by atoms with Gasteiger partial charge in [0.05, 0.1) is 0 Å². The van der Waals surface area contributed by atoms with Gasteiger partial charge >= 0.3 is 12.0 Å². The molecule has 3 N–H and O–H groups in total. The topological polar surface area (TPSA) is 108 Å². The van der Waals surface area contributed by atoms with Crippen LogP contribution >= 0.6 is 0 Å². The lowest BCUT2D eigenvalue weighted by atomic mass is 10.1. The van der Waals surface area contributed by atoms with E-state index >= 15 is 0 Å². The molecule has 0 heterocycles. The van der Waals surface area contributed by atoms with Crippen molar-refractivity contribution < 1.29 is 23.9 Å². The molecule has 0 aromatic heterocycles. The van der Waals surface area contributed by atoms with Crippen molar-refractivity contribution in [2.75, 3.05) is 6.61 Å². The highest BCUT2D eigenvalue weighted by Crippen LogP contribution is 2.24. The first kappa shape index (κ1) is 19.5. The summed E-state index contributed by atoms with van der Waals surface area (Å²) in [6.45, 7) is 8.79. The van der Waals surface area contributed by atoms with Crippen molar-refractivity contribution in [2.45, 2.75) is 40.7 Å². The Bertz CT molecular complexity index is 617. The molecule has 132 valence electrons. The average Bonchev–Trinajstić information content (AvgIpc) is 2.42. The molecule has 0 aliphatic carbocycles. The number of hydrogen-bond acceptors (Lipinski definition) is 5. The molecule has 1 atom stereocenters. The largest absolute Gasteiger partial charge is 0.481 e. The third kappa shape index (κ3) is 5.57. The van der Waals surface area contributed by atoms with Gasteiger partial charge in [0.25, 0.3) is 5.91 Å². The van der Waals surface area contributed by atoms with Crippen LogP contribution in [0.4, 0.5) is 4.79 Å². The van der Waals surface area contributed by atoms with Crippen LogP contribution in [-0.4, -0.2) is 30.6 Å². The molecule has 7 nitrogen and oxygen atoms in total. The zero-order valence-corrected chi connectivity index (χ0v) is 14.6. The zero-order valence-electron chi connectivity index (χ0n) is 14.6. The van der Waals surface area contributed by atoms with Gasteiger partial charge in [-0.15, -0.1) is 0 Å². The van der Waals surface area contributed by atoms with Crippen molar-refractivity contribution in [3.63, 3.8) is 0 Å². The Morgan fingerprint density at radius 1 is 1.12 bits per heavy atom. The van der Waals surface area contributed by atoms with Crippen molar-refractivity contribution in [3.05, 3.63) is 28.8 Å². The maximum Gasteiger partial charge on any atom is 0.344 e. The Morgan fingerprint density at radius 3 is 2.12 bits per heavy atom. The summed E-state index contributed by atoms with van der Waals surface area (Å²) in [6.07, 6.45) is -1.12. The standard InChI is InChI=1S/C17H24N2O5/c1-9(2)14(16(21)19-17(18)22)24-13(20)8-23-15-11(4)6-10(3)7-12(15)5/h6-7,9,14H,8H2,1-5H3,(H3,18,19,21,22)/t14-/m0/s1. The van der Waals surface area contributed by atoms with E-state index in [1.165, 1.54) is 0 Å². The van der Waals surface area contributed by atoms with E-state index in [1.807, 2.05) is 38.2 Å². The Kier molecular flexibility index (Phi) is 6.76. The first-order valence-electron chi connectivity index (χ1n) is 7.62. The highest BCUT2D eigenvalue weighted by molar-refractivity contribution is 5.96. The van der Waals surface area contributed by atoms with Gasteiger partial charge in [-0.2, -0.15) is 0 Å². The Labute approximate surface area is 141 Å². The van der Waals surface area contributed by atoms with Gasteiger partial charge < -0.3 is 15.2 Å². The fourth-order valence-corrected chi connectivity index (χ4v) is 2.39. The third-order valence-corrected chi connectivity index (χ3v) is 3.31. The molecule has 1 rings (SSSR count). The minimum atomic E-state index is -1.12. The Hall–Kier alpha value is -2.57. The van der Waals surface area contributed by atoms with Crippen LogP contribution in [0.5, 0.6) is 5.75 Å². The van der Waals surface area contributed by atoms with Crippen molar-refractivity contribution in [3.8, 4) is 5.75 Å². The first-order valence-corrected chi connectivity index (χ1v) is 7.62. The number of ether oxygens (including phenoxy) is 2. The van der Waals surface area contributed by atoms with Crippen LogP contribution in [0.25, 0.3) is 0 Å². The number of benzene rings is 1. The van der Waals surface area contributed by atoms with E-state index in [2.05, 4.69) is 0 Å². The molecule has 1 aromatic rings. The average molecular weight is 336 g/mol. The van der Waals surface area contributed by atoms with Gasteiger partial charge in [0.2, 0.25) is 0 Å². The number of rotatable bonds is 6. The lowest BCUT2D eigenvalue weighted by molar-refractivity contribution is -0.160. The molecular formula is C17H24N2O5. The number of carbonyl (C=O) groups excluding carboxylic acids is 3. The van der Waals surface area contributed by atoms with Gasteiger partial charge in [0.1, 0.15) is 5.75 Å². The minimum Gasteiger partial charge on any atom is -0.481 e. The summed E-state index contributed by atoms with van der Waals surface area (Å²) in [7, 11) is 0. The molecule has 0 unspecified atom stereocenters. The SMILES string of the molecule is Cc1cc(C)c(OCC(=O)O[C@H](C(=O)NC(N)=O)C(C)C)c(C)c1. The summed E-state index contributed by atoms with van der Waals surface area (Å²) >= 11 is 0. The van der Waals surface area contributed by atoms with Crippen LogP contribution in [0.1, 0.15) is 30.5 Å². The fourth-order valence-electron chi connectivity index (χ4n) is 2.39. The number of urea groups is 1. The number of amides is 3. The van der Waals surface area contributed by atoms with Crippen LogP contribution < -0.4 is 15.8 Å². The van der Waals surface area contributed by atoms with E-state index in [4.69, 9.17) is 15.2 Å². The minimum absolute atomic E-state index is 0.323. The van der Waals surface area contributed by atoms with Gasteiger partial charge in [-0.1, -0.05) is 31.5 Å². The lowest BCUT2D eigenvalue weighted by Gasteiger charge is -2.20. The number of nitrogens with two attached hydrogens (primary N) is 1. The summed E-state index contributed by atoms with van der Waals surface area (Å²) in [4.78, 5) is 34.5. The molecule has 0 fully saturated rings. The van der Waals surface area contributed by atoms with Crippen LogP contribution in [0.15, 0.2) is 12.1 Å². The van der Waals surface area contributed by atoms with Gasteiger partial charge in [-0.05, 0) is 37.8 Å². The van der Waals surface area contributed by atoms with Gasteiger partial charge in [0.15, 0.2) is 12.7 Å². The number of esters is 1. The molecule has 7 heteroatoms. The van der Waals surface area contributed by atoms with Crippen LogP contribution in [0.3, 0.4) is 0 Å². The van der Waals surface area contributed by atoms with Crippen molar-refractivity contribution in [1.29, 1.82) is 0 Å². The molecule has 0 bridgehead atoms. The van der Waals surface area contributed by atoms with E-state index in [0.29, 0.717) is 5.75 Å². The number of aryl methyl sites for hydroxylation is 3. The highest BCUT2D eigenvalue weighted by Gasteiger charge is 2.27. The van der Waals surface area contributed by atoms with Crippen molar-refractivity contribution >= 4 is 17.9 Å². The maximum absolute atomic E-state index is 12.0. The molecule has 0 saturated carbocycles. The molecule has 0 saturated heterocycles. The molecule has 3 amide bonds. The van der Waals surface area contributed by atoms with E-state index in [-0.39, 0.29) is 12.5 Å². The molecule has 0 aliphatic rings. The zero-order chi connectivity index (χ0) is 18.4. The number of imide groups is 1. The summed E-state index contributed by atoms with van der Waals surface area (Å²) in [5.41, 5.74) is 7.82. The third-order valence-electron chi connectivity index (χ3n) is 3.31. The molecule has 0 spiro atoms. The molecular weight excluding hydrogens is 312 g/mol. The summed E-state index contributed by atoms with van der Waals surface area (Å²) < 4.78 is 10.6. The summed E-state index contributed by atoms with van der Waals surface area (Å²) in [6, 6.07) is 2.90. The predicted molar refractivity (Wildman–Crippen MR) is 88.6 cm³/mol. The summed E-state index contributed by atoms with van der Waals surface area (Å²) in [5.74, 6) is -1.17. The number of primary amides is 1. The quantitative estimate of drug-likeness (QED) is 0.770. The number of carbonyl (C=O) groups is 3. The highest BCUT2D eigenvalue weighted by atomic mass is 16.6. The van der Waals surface area contributed by atoms with Crippen molar-refractivity contribution in [2.24, 2.45) is 11.7 Å². The number of nitrogens with one attached hydrogen (secondary N) is 1. The van der Waals surface area contributed by atoms with E-state index in [0.717, 1.165) is 16.7 Å². The van der Waals surface area contributed by atoms with Crippen LogP contribution in [0, 0.1) is 26.7 Å². The normalized spacial score (nSPS) is 11.8. The molecule has 1 aromatic carbocycles. The monoisotopic (exact) mass is 336 g/mol. The predicted octanol–water partition coefficient (Wildman–Crippen LogP) is 1.75. The molecule has 24 heavy (non-hydrogen) atoms. The second kappa shape index (κ2) is 8.33. The lowest BCUT2D eigenvalue weighted by Crippen LogP contribution is -2.46. The van der Waals surface area contributed by atoms with Gasteiger partial charge in [-0.3, -0.25) is 10.1 Å². The van der Waals surface area contributed by atoms with E-state index < -0.39 is 24.0 Å². The number of hydrogen-bond donors (Lipinski definition) is 2. The van der Waals surface area contributed by atoms with E-state index in [9.17, 15) is 14.4 Å². The molecule has 0 aliphatic heterocycles. The molecule has 0 radical (unpaired) electrons. The fraction of sp³-hybridized carbons (Fsp3) is 0.471. The second-order valence-corrected chi connectivity index (χ2v) is 6.02. The summed E-state index contributed by atoms with van der Waals surface area (Å²) in [5, 5.41) is 1.91. The van der Waals surface area contributed by atoms with Crippen LogP contribution in [-0.2, 0) is 14.3 Å². The maximum atomic E-state index is 12.0. The van der Waals surface area contributed by atoms with E-state index in [1.54, 1.807) is 13.8 Å². The Balaban J connectivity index is 2.71. The van der Waals surface area contributed by atoms with Crippen LogP contribution in [0.2, 0.25) is 0 Å².